The van der Waals surface area contributed by atoms with Crippen LogP contribution >= 0.6 is 11.8 Å². The Morgan fingerprint density at radius 3 is 2.19 bits per heavy atom. The number of para-hydroxylation sites is 1. The quantitative estimate of drug-likeness (QED) is 0.428. The van der Waals surface area contributed by atoms with Crippen molar-refractivity contribution in [2.75, 3.05) is 4.90 Å². The molecule has 162 valence electrons. The third-order valence-corrected chi connectivity index (χ3v) is 6.02. The molecule has 2 amide bonds. The predicted octanol–water partition coefficient (Wildman–Crippen LogP) is 5.83. The first kappa shape index (κ1) is 21.8. The fourth-order valence-corrected chi connectivity index (χ4v) is 4.52. The number of hydrogen-bond acceptors (Lipinski definition) is 4. The lowest BCUT2D eigenvalue weighted by molar-refractivity contribution is -0.119. The topological polar surface area (TPSA) is 46.6 Å². The van der Waals surface area contributed by atoms with Crippen LogP contribution in [0.2, 0.25) is 0 Å². The van der Waals surface area contributed by atoms with Gasteiger partial charge in [-0.15, -0.1) is 11.8 Å². The van der Waals surface area contributed by atoms with E-state index >= 15 is 0 Å². The maximum atomic E-state index is 14.5. The highest BCUT2D eigenvalue weighted by atomic mass is 32.2. The molecular formula is C26H22FNO3S. The number of hydrogen-bond donors (Lipinski definition) is 0. The SMILES string of the molecule is CC(C)Oc1ccc(C2=C(SCc3ccccc3)C(=O)N(c3ccccc3F)C2=O)cc1. The first-order chi connectivity index (χ1) is 15.5. The van der Waals surface area contributed by atoms with Gasteiger partial charge in [0, 0.05) is 5.75 Å². The normalized spacial score (nSPS) is 13.9. The average Bonchev–Trinajstić information content (AvgIpc) is 3.03. The lowest BCUT2D eigenvalue weighted by Gasteiger charge is -2.16. The maximum Gasteiger partial charge on any atom is 0.272 e. The van der Waals surface area contributed by atoms with Crippen molar-refractivity contribution in [3.63, 3.8) is 0 Å². The second-order valence-electron chi connectivity index (χ2n) is 7.57. The van der Waals surface area contributed by atoms with Gasteiger partial charge in [0.05, 0.1) is 22.3 Å². The number of imide groups is 1. The highest BCUT2D eigenvalue weighted by Crippen LogP contribution is 2.40. The summed E-state index contributed by atoms with van der Waals surface area (Å²) >= 11 is 1.28. The van der Waals surface area contributed by atoms with Crippen LogP contribution in [0.4, 0.5) is 10.1 Å². The van der Waals surface area contributed by atoms with E-state index in [2.05, 4.69) is 0 Å². The molecule has 0 fully saturated rings. The van der Waals surface area contributed by atoms with Crippen LogP contribution in [0.5, 0.6) is 5.75 Å². The van der Waals surface area contributed by atoms with Crippen molar-refractivity contribution < 1.29 is 18.7 Å². The van der Waals surface area contributed by atoms with Gasteiger partial charge in [-0.2, -0.15) is 0 Å². The molecule has 0 aromatic heterocycles. The van der Waals surface area contributed by atoms with Crippen molar-refractivity contribution in [3.8, 4) is 5.75 Å². The lowest BCUT2D eigenvalue weighted by atomic mass is 10.1. The van der Waals surface area contributed by atoms with E-state index in [9.17, 15) is 14.0 Å². The smallest absolute Gasteiger partial charge is 0.272 e. The molecule has 3 aromatic carbocycles. The zero-order chi connectivity index (χ0) is 22.7. The van der Waals surface area contributed by atoms with Crippen LogP contribution in [0.25, 0.3) is 5.57 Å². The van der Waals surface area contributed by atoms with E-state index in [0.717, 1.165) is 10.5 Å². The van der Waals surface area contributed by atoms with Gasteiger partial charge in [0.25, 0.3) is 11.8 Å². The molecule has 3 aromatic rings. The monoisotopic (exact) mass is 447 g/mol. The van der Waals surface area contributed by atoms with Crippen LogP contribution in [-0.4, -0.2) is 17.9 Å². The second-order valence-corrected chi connectivity index (χ2v) is 8.55. The molecule has 0 spiro atoms. The number of anilines is 1. The second kappa shape index (κ2) is 9.40. The van der Waals surface area contributed by atoms with Crippen LogP contribution in [0.3, 0.4) is 0 Å². The zero-order valence-corrected chi connectivity index (χ0v) is 18.6. The van der Waals surface area contributed by atoms with E-state index in [-0.39, 0.29) is 17.4 Å². The number of rotatable bonds is 7. The number of carbonyl (C=O) groups is 2. The Morgan fingerprint density at radius 2 is 1.53 bits per heavy atom. The summed E-state index contributed by atoms with van der Waals surface area (Å²) in [6.45, 7) is 3.86. The molecule has 4 rings (SSSR count). The molecule has 0 saturated carbocycles. The molecule has 6 heteroatoms. The van der Waals surface area contributed by atoms with Crippen LogP contribution in [0.1, 0.15) is 25.0 Å². The minimum atomic E-state index is -0.622. The fourth-order valence-electron chi connectivity index (χ4n) is 3.45. The van der Waals surface area contributed by atoms with Crippen molar-refractivity contribution in [2.24, 2.45) is 0 Å². The van der Waals surface area contributed by atoms with Crippen molar-refractivity contribution in [1.29, 1.82) is 0 Å². The summed E-state index contributed by atoms with van der Waals surface area (Å²) in [4.78, 5) is 27.9. The predicted molar refractivity (Wildman–Crippen MR) is 126 cm³/mol. The summed E-state index contributed by atoms with van der Waals surface area (Å²) in [6.07, 6.45) is 0.0169. The van der Waals surface area contributed by atoms with E-state index in [4.69, 9.17) is 4.74 Å². The van der Waals surface area contributed by atoms with Gasteiger partial charge in [0.15, 0.2) is 0 Å². The van der Waals surface area contributed by atoms with Crippen LogP contribution in [0, 0.1) is 5.82 Å². The standard InChI is InChI=1S/C26H22FNO3S/c1-17(2)31-20-14-12-19(13-15-20)23-24(32-16-18-8-4-3-5-9-18)26(30)28(25(23)29)22-11-7-6-10-21(22)27/h3-15,17H,16H2,1-2H3. The largest absolute Gasteiger partial charge is 0.491 e. The van der Waals surface area contributed by atoms with Crippen LogP contribution in [-0.2, 0) is 15.3 Å². The lowest BCUT2D eigenvalue weighted by Crippen LogP contribution is -2.32. The number of ether oxygens (including phenoxy) is 1. The molecule has 1 aliphatic heterocycles. The minimum Gasteiger partial charge on any atom is -0.491 e. The fraction of sp³-hybridized carbons (Fsp3) is 0.154. The van der Waals surface area contributed by atoms with E-state index < -0.39 is 17.6 Å². The van der Waals surface area contributed by atoms with E-state index in [1.807, 2.05) is 44.2 Å². The van der Waals surface area contributed by atoms with E-state index in [1.54, 1.807) is 30.3 Å². The summed E-state index contributed by atoms with van der Waals surface area (Å²) in [5.74, 6) is -0.487. The third-order valence-electron chi connectivity index (χ3n) is 4.88. The van der Waals surface area contributed by atoms with Crippen LogP contribution in [0.15, 0.2) is 83.8 Å². The number of benzene rings is 3. The van der Waals surface area contributed by atoms with Crippen molar-refractivity contribution in [3.05, 3.63) is 101 Å². The Kier molecular flexibility index (Phi) is 6.42. The third kappa shape index (κ3) is 4.46. The van der Waals surface area contributed by atoms with Gasteiger partial charge in [-0.1, -0.05) is 54.6 Å². The Bertz CT molecular complexity index is 1170. The highest BCUT2D eigenvalue weighted by molar-refractivity contribution is 8.03. The molecule has 0 radical (unpaired) electrons. The molecule has 0 aliphatic carbocycles. The van der Waals surface area contributed by atoms with Crippen molar-refractivity contribution in [1.82, 2.24) is 0 Å². The summed E-state index contributed by atoms with van der Waals surface area (Å²) in [5, 5.41) is 0. The van der Waals surface area contributed by atoms with E-state index in [0.29, 0.717) is 22.0 Å². The number of thioether (sulfide) groups is 1. The molecule has 1 heterocycles. The Morgan fingerprint density at radius 1 is 0.875 bits per heavy atom. The van der Waals surface area contributed by atoms with Crippen molar-refractivity contribution in [2.45, 2.75) is 25.7 Å². The molecule has 32 heavy (non-hydrogen) atoms. The minimum absolute atomic E-state index is 0.0169. The number of carbonyl (C=O) groups excluding carboxylic acids is 2. The number of halogens is 1. The van der Waals surface area contributed by atoms with Gasteiger partial charge in [0.1, 0.15) is 11.6 Å². The van der Waals surface area contributed by atoms with E-state index in [1.165, 1.54) is 30.0 Å². The summed E-state index contributed by atoms with van der Waals surface area (Å²) in [5.41, 5.74) is 1.84. The highest BCUT2D eigenvalue weighted by Gasteiger charge is 2.41. The molecule has 4 nitrogen and oxygen atoms in total. The molecule has 0 N–H and O–H groups in total. The molecule has 0 saturated heterocycles. The molecule has 0 unspecified atom stereocenters. The first-order valence-corrected chi connectivity index (χ1v) is 11.3. The van der Waals surface area contributed by atoms with Gasteiger partial charge in [-0.05, 0) is 49.2 Å². The van der Waals surface area contributed by atoms with Crippen molar-refractivity contribution >= 4 is 34.8 Å². The maximum absolute atomic E-state index is 14.5. The van der Waals surface area contributed by atoms with Gasteiger partial charge >= 0.3 is 0 Å². The Labute approximate surface area is 190 Å². The van der Waals surface area contributed by atoms with Gasteiger partial charge in [-0.25, -0.2) is 9.29 Å². The summed E-state index contributed by atoms with van der Waals surface area (Å²) in [7, 11) is 0. The van der Waals surface area contributed by atoms with Crippen LogP contribution < -0.4 is 9.64 Å². The van der Waals surface area contributed by atoms with Gasteiger partial charge in [-0.3, -0.25) is 9.59 Å². The van der Waals surface area contributed by atoms with Gasteiger partial charge < -0.3 is 4.74 Å². The van der Waals surface area contributed by atoms with Gasteiger partial charge in [0.2, 0.25) is 0 Å². The molecule has 1 aliphatic rings. The molecule has 0 bridgehead atoms. The Hall–Kier alpha value is -3.38. The number of amides is 2. The number of nitrogens with zero attached hydrogens (tertiary/aromatic N) is 1. The molecule has 0 atom stereocenters. The Balaban J connectivity index is 1.73. The summed E-state index contributed by atoms with van der Waals surface area (Å²) < 4.78 is 20.2. The zero-order valence-electron chi connectivity index (χ0n) is 17.7. The molecular weight excluding hydrogens is 425 g/mol. The first-order valence-electron chi connectivity index (χ1n) is 10.3. The summed E-state index contributed by atoms with van der Waals surface area (Å²) in [6, 6.07) is 22.5. The average molecular weight is 448 g/mol.